The summed E-state index contributed by atoms with van der Waals surface area (Å²) in [5.41, 5.74) is 1.32. The van der Waals surface area contributed by atoms with Crippen LogP contribution >= 0.6 is 0 Å². The molecular weight excluding hydrogens is 436 g/mol. The molecule has 0 bridgehead atoms. The zero-order valence-corrected chi connectivity index (χ0v) is 19.0. The van der Waals surface area contributed by atoms with Crippen molar-refractivity contribution in [3.63, 3.8) is 0 Å². The lowest BCUT2D eigenvalue weighted by Crippen LogP contribution is -2.15. The number of hydrogen-bond donors (Lipinski definition) is 2. The second kappa shape index (κ2) is 9.03. The maximum absolute atomic E-state index is 12.6. The van der Waals surface area contributed by atoms with Crippen LogP contribution in [0.3, 0.4) is 0 Å². The fourth-order valence-corrected chi connectivity index (χ4v) is 4.96. The van der Waals surface area contributed by atoms with E-state index in [1.807, 2.05) is 0 Å². The van der Waals surface area contributed by atoms with Gasteiger partial charge in [0.15, 0.2) is 0 Å². The average Bonchev–Trinajstić information content (AvgIpc) is 2.68. The number of sulfonamides is 2. The van der Waals surface area contributed by atoms with Crippen LogP contribution in [0.15, 0.2) is 70.6 Å². The first kappa shape index (κ1) is 22.7. The highest BCUT2D eigenvalue weighted by atomic mass is 32.2. The molecule has 0 atom stereocenters. The second-order valence-electron chi connectivity index (χ2n) is 7.47. The Labute approximate surface area is 182 Å². The largest absolute Gasteiger partial charge is 0.280 e. The molecule has 0 fully saturated rings. The number of rotatable bonds is 8. The monoisotopic (exact) mass is 460 g/mol. The summed E-state index contributed by atoms with van der Waals surface area (Å²) >= 11 is 0. The molecule has 0 aliphatic rings. The van der Waals surface area contributed by atoms with Crippen molar-refractivity contribution in [3.8, 4) is 0 Å². The molecule has 0 radical (unpaired) electrons. The van der Waals surface area contributed by atoms with Gasteiger partial charge in [0.25, 0.3) is 20.0 Å². The van der Waals surface area contributed by atoms with E-state index in [0.29, 0.717) is 11.7 Å². The van der Waals surface area contributed by atoms with Crippen molar-refractivity contribution >= 4 is 31.6 Å². The van der Waals surface area contributed by atoms with Gasteiger partial charge in [0, 0.05) is 11.9 Å². The highest BCUT2D eigenvalue weighted by Gasteiger charge is 2.17. The highest BCUT2D eigenvalue weighted by molar-refractivity contribution is 7.93. The van der Waals surface area contributed by atoms with E-state index < -0.39 is 20.0 Å². The predicted molar refractivity (Wildman–Crippen MR) is 120 cm³/mol. The Morgan fingerprint density at radius 2 is 1.35 bits per heavy atom. The molecule has 3 rings (SSSR count). The van der Waals surface area contributed by atoms with Crippen LogP contribution in [0.4, 0.5) is 11.5 Å². The van der Waals surface area contributed by atoms with Crippen molar-refractivity contribution in [2.45, 2.75) is 37.0 Å². The van der Waals surface area contributed by atoms with Gasteiger partial charge in [-0.25, -0.2) is 26.8 Å². The van der Waals surface area contributed by atoms with Gasteiger partial charge in [0.1, 0.15) is 11.6 Å². The van der Waals surface area contributed by atoms with Gasteiger partial charge in [-0.05, 0) is 67.3 Å². The molecule has 0 aliphatic heterocycles. The SMILES string of the molecule is Cc1nccc(NS(=O)(=O)c2ccc(NS(=O)(=O)c3ccc(CC(C)C)cc3)cc2)n1. The molecule has 2 N–H and O–H groups in total. The lowest BCUT2D eigenvalue weighted by Gasteiger charge is -2.11. The van der Waals surface area contributed by atoms with Gasteiger partial charge in [0.05, 0.1) is 9.79 Å². The number of hydrogen-bond acceptors (Lipinski definition) is 6. The van der Waals surface area contributed by atoms with Crippen LogP contribution < -0.4 is 9.44 Å². The Morgan fingerprint density at radius 1 is 0.806 bits per heavy atom. The van der Waals surface area contributed by atoms with Crippen molar-refractivity contribution < 1.29 is 16.8 Å². The number of nitrogens with one attached hydrogen (secondary N) is 2. The molecule has 2 aromatic carbocycles. The average molecular weight is 461 g/mol. The highest BCUT2D eigenvalue weighted by Crippen LogP contribution is 2.21. The van der Waals surface area contributed by atoms with Gasteiger partial charge in [0.2, 0.25) is 0 Å². The van der Waals surface area contributed by atoms with E-state index >= 15 is 0 Å². The van der Waals surface area contributed by atoms with Gasteiger partial charge in [-0.1, -0.05) is 26.0 Å². The summed E-state index contributed by atoms with van der Waals surface area (Å²) in [6.45, 7) is 5.84. The van der Waals surface area contributed by atoms with E-state index in [2.05, 4.69) is 33.3 Å². The number of aromatic nitrogens is 2. The fourth-order valence-electron chi connectivity index (χ4n) is 2.90. The Balaban J connectivity index is 1.73. The molecule has 0 saturated carbocycles. The van der Waals surface area contributed by atoms with Crippen LogP contribution in [-0.2, 0) is 26.5 Å². The zero-order chi connectivity index (χ0) is 22.6. The van der Waals surface area contributed by atoms with Gasteiger partial charge in [-0.2, -0.15) is 0 Å². The van der Waals surface area contributed by atoms with Crippen LogP contribution in [0.2, 0.25) is 0 Å². The minimum atomic E-state index is -3.88. The second-order valence-corrected chi connectivity index (χ2v) is 10.8. The fraction of sp³-hybridized carbons (Fsp3) is 0.238. The van der Waals surface area contributed by atoms with E-state index in [1.165, 1.54) is 36.5 Å². The lowest BCUT2D eigenvalue weighted by atomic mass is 10.0. The summed E-state index contributed by atoms with van der Waals surface area (Å²) in [6.07, 6.45) is 2.32. The van der Waals surface area contributed by atoms with Crippen molar-refractivity contribution in [3.05, 3.63) is 72.2 Å². The molecule has 164 valence electrons. The van der Waals surface area contributed by atoms with E-state index in [0.717, 1.165) is 12.0 Å². The number of anilines is 2. The standard InChI is InChI=1S/C21H24N4O4S2/c1-15(2)14-17-4-8-19(9-5-17)30(26,27)24-18-6-10-20(11-7-18)31(28,29)25-21-12-13-22-16(3)23-21/h4-13,15,24H,14H2,1-3H3,(H,22,23,25). The number of aryl methyl sites for hydroxylation is 1. The molecule has 10 heteroatoms. The molecule has 8 nitrogen and oxygen atoms in total. The summed E-state index contributed by atoms with van der Waals surface area (Å²) in [6, 6.07) is 13.6. The molecule has 0 spiro atoms. The molecular formula is C21H24N4O4S2. The molecule has 0 amide bonds. The molecule has 1 aromatic heterocycles. The van der Waals surface area contributed by atoms with E-state index in [-0.39, 0.29) is 21.3 Å². The molecule has 3 aromatic rings. The summed E-state index contributed by atoms with van der Waals surface area (Å²) in [7, 11) is -7.67. The summed E-state index contributed by atoms with van der Waals surface area (Å²) in [4.78, 5) is 8.04. The van der Waals surface area contributed by atoms with Gasteiger partial charge in [-0.15, -0.1) is 0 Å². The van der Waals surface area contributed by atoms with Crippen molar-refractivity contribution in [1.29, 1.82) is 0 Å². The third-order valence-electron chi connectivity index (χ3n) is 4.31. The predicted octanol–water partition coefficient (Wildman–Crippen LogP) is 3.59. The Bertz CT molecular complexity index is 1260. The molecule has 31 heavy (non-hydrogen) atoms. The maximum Gasteiger partial charge on any atom is 0.263 e. The third-order valence-corrected chi connectivity index (χ3v) is 7.08. The van der Waals surface area contributed by atoms with Crippen LogP contribution in [0.5, 0.6) is 0 Å². The van der Waals surface area contributed by atoms with E-state index in [1.54, 1.807) is 31.2 Å². The van der Waals surface area contributed by atoms with Crippen molar-refractivity contribution in [2.24, 2.45) is 5.92 Å². The van der Waals surface area contributed by atoms with Crippen LogP contribution in [0.25, 0.3) is 0 Å². The summed E-state index contributed by atoms with van der Waals surface area (Å²) < 4.78 is 55.2. The van der Waals surface area contributed by atoms with Gasteiger partial charge in [-0.3, -0.25) is 9.44 Å². The van der Waals surface area contributed by atoms with Crippen molar-refractivity contribution in [1.82, 2.24) is 9.97 Å². The quantitative estimate of drug-likeness (QED) is 0.530. The van der Waals surface area contributed by atoms with E-state index in [9.17, 15) is 16.8 Å². The molecule has 1 heterocycles. The molecule has 0 saturated heterocycles. The Kier molecular flexibility index (Phi) is 6.61. The Morgan fingerprint density at radius 3 is 1.90 bits per heavy atom. The maximum atomic E-state index is 12.6. The van der Waals surface area contributed by atoms with Crippen LogP contribution in [-0.4, -0.2) is 26.8 Å². The minimum absolute atomic E-state index is 0.0234. The first-order chi connectivity index (χ1) is 14.5. The number of benzene rings is 2. The van der Waals surface area contributed by atoms with Crippen molar-refractivity contribution in [2.75, 3.05) is 9.44 Å². The van der Waals surface area contributed by atoms with Crippen LogP contribution in [0, 0.1) is 12.8 Å². The number of nitrogens with zero attached hydrogens (tertiary/aromatic N) is 2. The topological polar surface area (TPSA) is 118 Å². The first-order valence-corrected chi connectivity index (χ1v) is 12.6. The van der Waals surface area contributed by atoms with E-state index in [4.69, 9.17) is 0 Å². The first-order valence-electron chi connectivity index (χ1n) is 9.59. The smallest absolute Gasteiger partial charge is 0.263 e. The Hall–Kier alpha value is -2.98. The zero-order valence-electron chi connectivity index (χ0n) is 17.4. The van der Waals surface area contributed by atoms with Crippen LogP contribution in [0.1, 0.15) is 25.2 Å². The third kappa shape index (κ3) is 6.02. The molecule has 0 aliphatic carbocycles. The van der Waals surface area contributed by atoms with Gasteiger partial charge < -0.3 is 0 Å². The normalized spacial score (nSPS) is 12.0. The molecule has 0 unspecified atom stereocenters. The summed E-state index contributed by atoms with van der Waals surface area (Å²) in [5, 5.41) is 0. The van der Waals surface area contributed by atoms with Gasteiger partial charge >= 0.3 is 0 Å². The summed E-state index contributed by atoms with van der Waals surface area (Å²) in [5.74, 6) is 1.06. The minimum Gasteiger partial charge on any atom is -0.280 e. The lowest BCUT2D eigenvalue weighted by molar-refractivity contribution is 0.599.